The molecule has 0 fully saturated rings. The van der Waals surface area contributed by atoms with E-state index < -0.39 is 11.9 Å². The molecule has 7 heteroatoms. The molecule has 19 heavy (non-hydrogen) atoms. The lowest BCUT2D eigenvalue weighted by atomic mass is 10.1. The average molecular weight is 263 g/mol. The Kier molecular flexibility index (Phi) is 3.20. The summed E-state index contributed by atoms with van der Waals surface area (Å²) in [6.07, 6.45) is 0.347. The first kappa shape index (κ1) is 13.0. The van der Waals surface area contributed by atoms with Crippen LogP contribution in [-0.2, 0) is 11.2 Å². The van der Waals surface area contributed by atoms with Crippen molar-refractivity contribution in [3.63, 3.8) is 0 Å². The van der Waals surface area contributed by atoms with Crippen LogP contribution < -0.4 is 0 Å². The number of hydrogen-bond acceptors (Lipinski definition) is 4. The molecule has 0 amide bonds. The molecule has 0 saturated carbocycles. The SMILES string of the molecule is Cc1nc2cc(C(=O)O)nn2c(C)c1CCC(=O)O. The molecule has 0 radical (unpaired) electrons. The van der Waals surface area contributed by atoms with Crippen LogP contribution >= 0.6 is 0 Å². The van der Waals surface area contributed by atoms with Crippen molar-refractivity contribution in [1.82, 2.24) is 14.6 Å². The van der Waals surface area contributed by atoms with Gasteiger partial charge in [0.15, 0.2) is 11.3 Å². The molecule has 0 aliphatic carbocycles. The van der Waals surface area contributed by atoms with Gasteiger partial charge in [0.1, 0.15) is 0 Å². The highest BCUT2D eigenvalue weighted by Crippen LogP contribution is 2.17. The van der Waals surface area contributed by atoms with Gasteiger partial charge in [-0.2, -0.15) is 5.10 Å². The van der Waals surface area contributed by atoms with E-state index in [1.165, 1.54) is 10.6 Å². The van der Waals surface area contributed by atoms with Gasteiger partial charge in [-0.05, 0) is 25.8 Å². The standard InChI is InChI=1S/C12H13N3O4/c1-6-8(3-4-11(16)17)7(2)15-10(13-6)5-9(14-15)12(18)19/h5H,3-4H2,1-2H3,(H,16,17)(H,18,19). The van der Waals surface area contributed by atoms with E-state index in [2.05, 4.69) is 10.1 Å². The monoisotopic (exact) mass is 263 g/mol. The van der Waals surface area contributed by atoms with Crippen molar-refractivity contribution in [2.24, 2.45) is 0 Å². The Morgan fingerprint density at radius 3 is 2.58 bits per heavy atom. The predicted molar refractivity (Wildman–Crippen MR) is 65.4 cm³/mol. The van der Waals surface area contributed by atoms with Gasteiger partial charge in [0.2, 0.25) is 0 Å². The predicted octanol–water partition coefficient (Wildman–Crippen LogP) is 1.06. The summed E-state index contributed by atoms with van der Waals surface area (Å²) >= 11 is 0. The zero-order chi connectivity index (χ0) is 14.2. The number of nitrogens with zero attached hydrogens (tertiary/aromatic N) is 3. The van der Waals surface area contributed by atoms with Crippen LogP contribution in [0.25, 0.3) is 5.65 Å². The summed E-state index contributed by atoms with van der Waals surface area (Å²) in [7, 11) is 0. The third-order valence-corrected chi connectivity index (χ3v) is 2.97. The lowest BCUT2D eigenvalue weighted by Crippen LogP contribution is -2.08. The Hall–Kier alpha value is -2.44. The fourth-order valence-electron chi connectivity index (χ4n) is 2.02. The largest absolute Gasteiger partial charge is 0.481 e. The Labute approximate surface area is 108 Å². The van der Waals surface area contributed by atoms with Crippen LogP contribution in [0.4, 0.5) is 0 Å². The van der Waals surface area contributed by atoms with E-state index in [1.54, 1.807) is 13.8 Å². The Morgan fingerprint density at radius 2 is 2.00 bits per heavy atom. The van der Waals surface area contributed by atoms with Crippen LogP contribution in [-0.4, -0.2) is 36.7 Å². The van der Waals surface area contributed by atoms with Crippen LogP contribution in [0.15, 0.2) is 6.07 Å². The number of hydrogen-bond donors (Lipinski definition) is 2. The number of rotatable bonds is 4. The van der Waals surface area contributed by atoms with Crippen molar-refractivity contribution in [2.45, 2.75) is 26.7 Å². The van der Waals surface area contributed by atoms with Gasteiger partial charge in [0.05, 0.1) is 0 Å². The fraction of sp³-hybridized carbons (Fsp3) is 0.333. The topological polar surface area (TPSA) is 105 Å². The fourth-order valence-corrected chi connectivity index (χ4v) is 2.02. The number of carboxylic acids is 2. The average Bonchev–Trinajstić information content (AvgIpc) is 2.72. The minimum absolute atomic E-state index is 0.00191. The van der Waals surface area contributed by atoms with Crippen LogP contribution in [0.3, 0.4) is 0 Å². The van der Waals surface area contributed by atoms with E-state index >= 15 is 0 Å². The number of carbonyl (C=O) groups is 2. The van der Waals surface area contributed by atoms with Gasteiger partial charge in [-0.25, -0.2) is 14.3 Å². The molecule has 2 rings (SSSR count). The van der Waals surface area contributed by atoms with Gasteiger partial charge in [-0.3, -0.25) is 4.79 Å². The van der Waals surface area contributed by atoms with Crippen molar-refractivity contribution >= 4 is 17.6 Å². The zero-order valence-electron chi connectivity index (χ0n) is 10.5. The van der Waals surface area contributed by atoms with Crippen LogP contribution in [0.1, 0.15) is 33.9 Å². The molecule has 2 heterocycles. The summed E-state index contributed by atoms with van der Waals surface area (Å²) in [6, 6.07) is 1.39. The number of aryl methyl sites for hydroxylation is 2. The first-order valence-electron chi connectivity index (χ1n) is 5.71. The number of aromatic nitrogens is 3. The summed E-state index contributed by atoms with van der Waals surface area (Å²) in [5.41, 5.74) is 2.58. The molecule has 0 unspecified atom stereocenters. The maximum atomic E-state index is 10.9. The molecule has 0 aliphatic rings. The number of fused-ring (bicyclic) bond motifs is 1. The van der Waals surface area contributed by atoms with Crippen LogP contribution in [0, 0.1) is 13.8 Å². The highest BCUT2D eigenvalue weighted by molar-refractivity contribution is 5.86. The minimum atomic E-state index is -1.12. The Morgan fingerprint density at radius 1 is 1.32 bits per heavy atom. The van der Waals surface area contributed by atoms with E-state index in [4.69, 9.17) is 10.2 Å². The number of aliphatic carboxylic acids is 1. The van der Waals surface area contributed by atoms with Gasteiger partial charge in [0.25, 0.3) is 0 Å². The summed E-state index contributed by atoms with van der Waals surface area (Å²) in [4.78, 5) is 25.8. The maximum absolute atomic E-state index is 10.9. The number of aromatic carboxylic acids is 1. The minimum Gasteiger partial charge on any atom is -0.481 e. The van der Waals surface area contributed by atoms with Gasteiger partial charge in [-0.15, -0.1) is 0 Å². The Balaban J connectivity index is 2.53. The van der Waals surface area contributed by atoms with Gasteiger partial charge >= 0.3 is 11.9 Å². The molecule has 0 bridgehead atoms. The van der Waals surface area contributed by atoms with E-state index in [9.17, 15) is 9.59 Å². The lowest BCUT2D eigenvalue weighted by Gasteiger charge is -2.09. The molecule has 2 N–H and O–H groups in total. The molecule has 0 atom stereocenters. The molecule has 2 aromatic rings. The normalized spacial score (nSPS) is 10.8. The lowest BCUT2D eigenvalue weighted by molar-refractivity contribution is -0.136. The molecule has 100 valence electrons. The molecule has 0 spiro atoms. The number of carboxylic acid groups (broad SMARTS) is 2. The molecule has 7 nitrogen and oxygen atoms in total. The second-order valence-electron chi connectivity index (χ2n) is 4.26. The van der Waals surface area contributed by atoms with Crippen LogP contribution in [0.5, 0.6) is 0 Å². The third kappa shape index (κ3) is 2.40. The molecule has 0 aliphatic heterocycles. The second kappa shape index (κ2) is 4.68. The van der Waals surface area contributed by atoms with E-state index in [-0.39, 0.29) is 12.1 Å². The van der Waals surface area contributed by atoms with Gasteiger partial charge in [-0.1, -0.05) is 0 Å². The first-order chi connectivity index (χ1) is 8.90. The van der Waals surface area contributed by atoms with E-state index in [1.807, 2.05) is 0 Å². The van der Waals surface area contributed by atoms with Crippen LogP contribution in [0.2, 0.25) is 0 Å². The molecule has 0 aromatic carbocycles. The van der Waals surface area contributed by atoms with E-state index in [0.717, 1.165) is 11.3 Å². The summed E-state index contributed by atoms with van der Waals surface area (Å²) in [5.74, 6) is -2.00. The summed E-state index contributed by atoms with van der Waals surface area (Å²) in [5, 5.41) is 21.6. The Bertz CT molecular complexity index is 675. The van der Waals surface area contributed by atoms with E-state index in [0.29, 0.717) is 17.8 Å². The van der Waals surface area contributed by atoms with Crippen molar-refractivity contribution in [1.29, 1.82) is 0 Å². The van der Waals surface area contributed by atoms with Crippen molar-refractivity contribution < 1.29 is 19.8 Å². The van der Waals surface area contributed by atoms with Gasteiger partial charge < -0.3 is 10.2 Å². The van der Waals surface area contributed by atoms with Crippen molar-refractivity contribution in [2.75, 3.05) is 0 Å². The molecular formula is C12H13N3O4. The third-order valence-electron chi connectivity index (χ3n) is 2.97. The summed E-state index contributed by atoms with van der Waals surface area (Å²) in [6.45, 7) is 3.55. The highest BCUT2D eigenvalue weighted by Gasteiger charge is 2.15. The van der Waals surface area contributed by atoms with Crippen molar-refractivity contribution in [3.05, 3.63) is 28.7 Å². The van der Waals surface area contributed by atoms with Crippen molar-refractivity contribution in [3.8, 4) is 0 Å². The quantitative estimate of drug-likeness (QED) is 0.854. The summed E-state index contributed by atoms with van der Waals surface area (Å²) < 4.78 is 1.44. The molecular weight excluding hydrogens is 250 g/mol. The smallest absolute Gasteiger partial charge is 0.356 e. The molecule has 2 aromatic heterocycles. The van der Waals surface area contributed by atoms with Gasteiger partial charge in [0, 0.05) is 23.9 Å². The second-order valence-corrected chi connectivity index (χ2v) is 4.26. The zero-order valence-corrected chi connectivity index (χ0v) is 10.5. The molecule has 0 saturated heterocycles. The maximum Gasteiger partial charge on any atom is 0.356 e. The first-order valence-corrected chi connectivity index (χ1v) is 5.71. The highest BCUT2D eigenvalue weighted by atomic mass is 16.4.